The minimum Gasteiger partial charge on any atom is -0.482 e. The predicted octanol–water partition coefficient (Wildman–Crippen LogP) is 2.10. The van der Waals surface area contributed by atoms with Crippen molar-refractivity contribution in [2.45, 2.75) is 0 Å². The molecule has 0 bridgehead atoms. The van der Waals surface area contributed by atoms with Gasteiger partial charge in [-0.25, -0.2) is 4.79 Å². The number of nitrogens with one attached hydrogen (secondary N) is 2. The lowest BCUT2D eigenvalue weighted by atomic mass is 10.2. The number of anilines is 2. The largest absolute Gasteiger partial charge is 0.482 e. The van der Waals surface area contributed by atoms with Gasteiger partial charge < -0.3 is 20.1 Å². The fourth-order valence-electron chi connectivity index (χ4n) is 1.85. The maximum Gasteiger partial charge on any atom is 0.344 e. The van der Waals surface area contributed by atoms with Gasteiger partial charge in [-0.2, -0.15) is 0 Å². The molecule has 0 heterocycles. The van der Waals surface area contributed by atoms with Crippen LogP contribution >= 0.6 is 0 Å². The number of carbonyl (C=O) groups excluding carboxylic acids is 2. The number of hydrogen-bond donors (Lipinski definition) is 2. The quantitative estimate of drug-likeness (QED) is 0.569. The summed E-state index contributed by atoms with van der Waals surface area (Å²) >= 11 is 0. The Hall–Kier alpha value is -3.46. The van der Waals surface area contributed by atoms with Crippen LogP contribution in [0.5, 0.6) is 5.75 Å². The first-order valence-corrected chi connectivity index (χ1v) is 7.58. The van der Waals surface area contributed by atoms with E-state index >= 15 is 0 Å². The summed E-state index contributed by atoms with van der Waals surface area (Å²) in [7, 11) is 0. The van der Waals surface area contributed by atoms with E-state index in [1.165, 1.54) is 0 Å². The standard InChI is InChI=1S/C19H18N2O4/c1-2-12-20-18(22)13-25-19(23)14-24-17-10-8-16(9-11-17)21-15-6-4-3-5-7-15/h1,3-11,21H,12-14H2,(H,20,22). The second-order valence-corrected chi connectivity index (χ2v) is 4.95. The van der Waals surface area contributed by atoms with Gasteiger partial charge in [0.25, 0.3) is 5.91 Å². The second-order valence-electron chi connectivity index (χ2n) is 4.95. The topological polar surface area (TPSA) is 76.7 Å². The van der Waals surface area contributed by atoms with E-state index in [0.717, 1.165) is 11.4 Å². The molecular formula is C19H18N2O4. The SMILES string of the molecule is C#CCNC(=O)COC(=O)COc1ccc(Nc2ccccc2)cc1. The van der Waals surface area contributed by atoms with Crippen molar-refractivity contribution in [3.8, 4) is 18.1 Å². The fourth-order valence-corrected chi connectivity index (χ4v) is 1.85. The molecule has 0 saturated heterocycles. The summed E-state index contributed by atoms with van der Waals surface area (Å²) in [5, 5.41) is 5.63. The highest BCUT2D eigenvalue weighted by Crippen LogP contribution is 2.19. The van der Waals surface area contributed by atoms with Crippen LogP contribution in [0.4, 0.5) is 11.4 Å². The van der Waals surface area contributed by atoms with Crippen molar-refractivity contribution >= 4 is 23.3 Å². The molecule has 0 atom stereocenters. The molecule has 2 aromatic rings. The highest BCUT2D eigenvalue weighted by Gasteiger charge is 2.08. The van der Waals surface area contributed by atoms with E-state index in [4.69, 9.17) is 15.9 Å². The van der Waals surface area contributed by atoms with Crippen LogP contribution in [0, 0.1) is 12.3 Å². The fraction of sp³-hybridized carbons (Fsp3) is 0.158. The summed E-state index contributed by atoms with van der Waals surface area (Å²) in [6.45, 7) is -0.575. The average Bonchev–Trinajstić information content (AvgIpc) is 2.65. The third-order valence-corrected chi connectivity index (χ3v) is 3.03. The van der Waals surface area contributed by atoms with Crippen molar-refractivity contribution in [1.29, 1.82) is 0 Å². The number of hydrogen-bond acceptors (Lipinski definition) is 5. The summed E-state index contributed by atoms with van der Waals surface area (Å²) in [5.41, 5.74) is 1.87. The maximum atomic E-state index is 11.5. The van der Waals surface area contributed by atoms with Gasteiger partial charge in [0.1, 0.15) is 5.75 Å². The Labute approximate surface area is 146 Å². The molecular weight excluding hydrogens is 320 g/mol. The molecule has 128 valence electrons. The molecule has 6 heteroatoms. The van der Waals surface area contributed by atoms with E-state index in [1.54, 1.807) is 12.1 Å². The Morgan fingerprint density at radius 2 is 1.64 bits per heavy atom. The molecule has 0 radical (unpaired) electrons. The van der Waals surface area contributed by atoms with Crippen molar-refractivity contribution < 1.29 is 19.1 Å². The summed E-state index contributed by atoms with van der Waals surface area (Å²) < 4.78 is 10.1. The van der Waals surface area contributed by atoms with Gasteiger partial charge in [0.2, 0.25) is 0 Å². The molecule has 0 aromatic heterocycles. The zero-order valence-corrected chi connectivity index (χ0v) is 13.5. The molecule has 2 rings (SSSR count). The molecule has 2 aromatic carbocycles. The Bertz CT molecular complexity index is 736. The zero-order chi connectivity index (χ0) is 17.9. The van der Waals surface area contributed by atoms with Gasteiger partial charge in [0, 0.05) is 11.4 Å². The van der Waals surface area contributed by atoms with E-state index in [1.807, 2.05) is 42.5 Å². The van der Waals surface area contributed by atoms with Crippen LogP contribution in [0.25, 0.3) is 0 Å². The smallest absolute Gasteiger partial charge is 0.344 e. The lowest BCUT2D eigenvalue weighted by Gasteiger charge is -2.09. The van der Waals surface area contributed by atoms with E-state index < -0.39 is 11.9 Å². The average molecular weight is 338 g/mol. The van der Waals surface area contributed by atoms with Crippen molar-refractivity contribution in [2.75, 3.05) is 25.1 Å². The van der Waals surface area contributed by atoms with Crippen molar-refractivity contribution in [3.63, 3.8) is 0 Å². The number of benzene rings is 2. The first-order chi connectivity index (χ1) is 12.2. The van der Waals surface area contributed by atoms with Gasteiger partial charge in [-0.15, -0.1) is 6.42 Å². The summed E-state index contributed by atoms with van der Waals surface area (Å²) in [5.74, 6) is 1.68. The maximum absolute atomic E-state index is 11.5. The Kier molecular flexibility index (Phi) is 6.89. The predicted molar refractivity (Wildman–Crippen MR) is 94.5 cm³/mol. The first kappa shape index (κ1) is 17.9. The zero-order valence-electron chi connectivity index (χ0n) is 13.5. The molecule has 6 nitrogen and oxygen atoms in total. The number of ether oxygens (including phenoxy) is 2. The van der Waals surface area contributed by atoms with Gasteiger partial charge in [-0.1, -0.05) is 24.1 Å². The van der Waals surface area contributed by atoms with E-state index in [2.05, 4.69) is 16.6 Å². The Morgan fingerprint density at radius 3 is 2.32 bits per heavy atom. The van der Waals surface area contributed by atoms with Crippen LogP contribution in [0.2, 0.25) is 0 Å². The van der Waals surface area contributed by atoms with Crippen molar-refractivity contribution in [2.24, 2.45) is 0 Å². The normalized spacial score (nSPS) is 9.56. The molecule has 0 unspecified atom stereocenters. The molecule has 0 saturated carbocycles. The minimum absolute atomic E-state index is 0.0935. The van der Waals surface area contributed by atoms with E-state index in [9.17, 15) is 9.59 Å². The molecule has 1 amide bonds. The van der Waals surface area contributed by atoms with Gasteiger partial charge in [-0.3, -0.25) is 4.79 Å². The summed E-state index contributed by atoms with van der Waals surface area (Å²) in [6, 6.07) is 16.9. The van der Waals surface area contributed by atoms with Crippen LogP contribution in [-0.4, -0.2) is 31.6 Å². The van der Waals surface area contributed by atoms with Crippen LogP contribution < -0.4 is 15.4 Å². The Balaban J connectivity index is 1.73. The molecule has 0 fully saturated rings. The lowest BCUT2D eigenvalue weighted by molar-refractivity contribution is -0.150. The summed E-state index contributed by atoms with van der Waals surface area (Å²) in [6.07, 6.45) is 5.00. The van der Waals surface area contributed by atoms with Crippen LogP contribution in [0.1, 0.15) is 0 Å². The third-order valence-electron chi connectivity index (χ3n) is 3.03. The molecule has 0 aliphatic carbocycles. The number of esters is 1. The summed E-state index contributed by atoms with van der Waals surface area (Å²) in [4.78, 5) is 22.8. The third kappa shape index (κ3) is 6.67. The van der Waals surface area contributed by atoms with Gasteiger partial charge in [-0.05, 0) is 36.4 Å². The van der Waals surface area contributed by atoms with E-state index in [0.29, 0.717) is 5.75 Å². The number of amides is 1. The number of rotatable bonds is 8. The van der Waals surface area contributed by atoms with E-state index in [-0.39, 0.29) is 19.8 Å². The lowest BCUT2D eigenvalue weighted by Crippen LogP contribution is -2.30. The molecule has 0 spiro atoms. The molecule has 25 heavy (non-hydrogen) atoms. The monoisotopic (exact) mass is 338 g/mol. The Morgan fingerprint density at radius 1 is 0.960 bits per heavy atom. The van der Waals surface area contributed by atoms with Crippen molar-refractivity contribution in [3.05, 3.63) is 54.6 Å². The van der Waals surface area contributed by atoms with Gasteiger partial charge in [0.15, 0.2) is 13.2 Å². The second kappa shape index (κ2) is 9.63. The van der Waals surface area contributed by atoms with Crippen LogP contribution in [0.3, 0.4) is 0 Å². The van der Waals surface area contributed by atoms with Gasteiger partial charge >= 0.3 is 5.97 Å². The number of terminal acetylenes is 1. The van der Waals surface area contributed by atoms with Crippen LogP contribution in [0.15, 0.2) is 54.6 Å². The van der Waals surface area contributed by atoms with Crippen LogP contribution in [-0.2, 0) is 14.3 Å². The van der Waals surface area contributed by atoms with Gasteiger partial charge in [0.05, 0.1) is 6.54 Å². The minimum atomic E-state index is -0.637. The number of carbonyl (C=O) groups is 2. The molecule has 0 aliphatic heterocycles. The van der Waals surface area contributed by atoms with Crippen molar-refractivity contribution in [1.82, 2.24) is 5.32 Å². The molecule has 0 aliphatic rings. The highest BCUT2D eigenvalue weighted by atomic mass is 16.6. The first-order valence-electron chi connectivity index (χ1n) is 7.58. The highest BCUT2D eigenvalue weighted by molar-refractivity contribution is 5.81. The number of para-hydroxylation sites is 1. The molecule has 2 N–H and O–H groups in total.